The molecule has 13 nitrogen and oxygen atoms in total. The number of carbonyl (C=O) groups excluding carboxylic acids is 6. The molecule has 3 unspecified atom stereocenters. The van der Waals surface area contributed by atoms with E-state index in [0.717, 1.165) is 6.92 Å². The number of ether oxygens (including phenoxy) is 5. The van der Waals surface area contributed by atoms with Crippen LogP contribution >= 0.6 is 0 Å². The summed E-state index contributed by atoms with van der Waals surface area (Å²) < 4.78 is 24.7. The number of unbranched alkanes of at least 4 members (excludes halogenated alkanes) is 4. The van der Waals surface area contributed by atoms with Gasteiger partial charge in [-0.15, -0.1) is 0 Å². The molecule has 0 amide bonds. The van der Waals surface area contributed by atoms with Crippen LogP contribution in [0.3, 0.4) is 0 Å². The lowest BCUT2D eigenvalue weighted by Gasteiger charge is -2.35. The van der Waals surface area contributed by atoms with Crippen LogP contribution in [0, 0.1) is 0 Å². The first-order valence-corrected chi connectivity index (χ1v) is 18.1. The molecule has 50 heavy (non-hydrogen) atoms. The van der Waals surface area contributed by atoms with Crippen molar-refractivity contribution in [3.63, 3.8) is 0 Å². The SMILES string of the molecule is CC(C)OC(=O)CC(O)(CC(=O)OC1(C)COC(=O)CC(O)(CC=O)C(=O)O1)C(=O)OC(C)C.CCCC.CCCC.CCCC.CCCC. The van der Waals surface area contributed by atoms with Gasteiger partial charge in [-0.1, -0.05) is 107 Å². The Bertz CT molecular complexity index is 926. The van der Waals surface area contributed by atoms with E-state index in [1.54, 1.807) is 0 Å². The Balaban J connectivity index is -0.000000549. The highest BCUT2D eigenvalue weighted by atomic mass is 16.8. The van der Waals surface area contributed by atoms with Gasteiger partial charge in [-0.05, 0) is 27.7 Å². The van der Waals surface area contributed by atoms with Crippen LogP contribution in [-0.2, 0) is 52.5 Å². The number of cyclic esters (lactones) is 2. The van der Waals surface area contributed by atoms with Gasteiger partial charge in [-0.3, -0.25) is 14.4 Å². The molecule has 2 N–H and O–H groups in total. The Kier molecular flexibility index (Phi) is 33.0. The summed E-state index contributed by atoms with van der Waals surface area (Å²) in [7, 11) is 0. The molecule has 0 aromatic rings. The fourth-order valence-electron chi connectivity index (χ4n) is 2.83. The smallest absolute Gasteiger partial charge is 0.342 e. The first kappa shape index (κ1) is 53.7. The largest absolute Gasteiger partial charge is 0.463 e. The second kappa shape index (κ2) is 30.7. The summed E-state index contributed by atoms with van der Waals surface area (Å²) in [5.74, 6) is -8.43. The fourth-order valence-corrected chi connectivity index (χ4v) is 2.83. The number of carbonyl (C=O) groups is 6. The molecule has 1 fully saturated rings. The predicted octanol–water partition coefficient (Wildman–Crippen LogP) is 6.70. The number of rotatable bonds is 14. The Morgan fingerprint density at radius 1 is 0.780 bits per heavy atom. The van der Waals surface area contributed by atoms with Crippen molar-refractivity contribution in [2.24, 2.45) is 0 Å². The third-order valence-corrected chi connectivity index (χ3v) is 6.33. The Morgan fingerprint density at radius 2 is 1.18 bits per heavy atom. The van der Waals surface area contributed by atoms with Crippen molar-refractivity contribution < 1.29 is 62.7 Å². The van der Waals surface area contributed by atoms with Gasteiger partial charge < -0.3 is 38.7 Å². The van der Waals surface area contributed by atoms with Gasteiger partial charge >= 0.3 is 29.8 Å². The summed E-state index contributed by atoms with van der Waals surface area (Å²) in [6.45, 7) is 23.7. The molecule has 0 aliphatic carbocycles. The highest BCUT2D eigenvalue weighted by Crippen LogP contribution is 2.28. The van der Waals surface area contributed by atoms with E-state index in [4.69, 9.17) is 23.7 Å². The van der Waals surface area contributed by atoms with Crippen molar-refractivity contribution in [1.82, 2.24) is 0 Å². The van der Waals surface area contributed by atoms with Gasteiger partial charge in [-0.25, -0.2) is 9.59 Å². The van der Waals surface area contributed by atoms with Crippen LogP contribution in [0.5, 0.6) is 0 Å². The molecule has 0 aromatic carbocycles. The molecule has 1 rings (SSSR count). The quantitative estimate of drug-likeness (QED) is 0.110. The number of hydrogen-bond acceptors (Lipinski definition) is 13. The number of esters is 5. The van der Waals surface area contributed by atoms with Crippen LogP contribution in [0.2, 0.25) is 0 Å². The van der Waals surface area contributed by atoms with Crippen molar-refractivity contribution >= 4 is 36.1 Å². The molecule has 13 heteroatoms. The van der Waals surface area contributed by atoms with Crippen LogP contribution in [0.15, 0.2) is 0 Å². The van der Waals surface area contributed by atoms with E-state index in [-0.39, 0.29) is 6.29 Å². The van der Waals surface area contributed by atoms with Gasteiger partial charge in [0.2, 0.25) is 0 Å². The van der Waals surface area contributed by atoms with Gasteiger partial charge in [0, 0.05) is 13.3 Å². The zero-order valence-corrected chi connectivity index (χ0v) is 33.3. The lowest BCUT2D eigenvalue weighted by Crippen LogP contribution is -2.53. The van der Waals surface area contributed by atoms with E-state index in [2.05, 4.69) is 55.4 Å². The first-order valence-electron chi connectivity index (χ1n) is 18.1. The van der Waals surface area contributed by atoms with E-state index >= 15 is 0 Å². The highest BCUT2D eigenvalue weighted by Gasteiger charge is 2.50. The lowest BCUT2D eigenvalue weighted by molar-refractivity contribution is -0.255. The van der Waals surface area contributed by atoms with Crippen LogP contribution in [0.1, 0.15) is 167 Å². The average Bonchev–Trinajstić information content (AvgIpc) is 3.02. The molecule has 3 atom stereocenters. The van der Waals surface area contributed by atoms with Crippen molar-refractivity contribution in [2.75, 3.05) is 6.61 Å². The van der Waals surface area contributed by atoms with E-state index in [0.29, 0.717) is 0 Å². The number of aldehydes is 1. The van der Waals surface area contributed by atoms with Crippen LogP contribution < -0.4 is 0 Å². The molecular formula is C37H70O13. The number of hydrogen-bond donors (Lipinski definition) is 2. The fraction of sp³-hybridized carbons (Fsp3) is 0.838. The summed E-state index contributed by atoms with van der Waals surface area (Å²) in [5.41, 5.74) is -5.24. The maximum absolute atomic E-state index is 12.6. The minimum Gasteiger partial charge on any atom is -0.463 e. The van der Waals surface area contributed by atoms with Crippen LogP contribution in [0.25, 0.3) is 0 Å². The maximum Gasteiger partial charge on any atom is 0.342 e. The summed E-state index contributed by atoms with van der Waals surface area (Å²) in [5, 5.41) is 21.1. The highest BCUT2D eigenvalue weighted by molar-refractivity contribution is 5.91. The monoisotopic (exact) mass is 722 g/mol. The summed E-state index contributed by atoms with van der Waals surface area (Å²) in [4.78, 5) is 72.2. The van der Waals surface area contributed by atoms with Crippen molar-refractivity contribution in [1.29, 1.82) is 0 Å². The van der Waals surface area contributed by atoms with E-state index in [1.807, 2.05) is 0 Å². The lowest BCUT2D eigenvalue weighted by atomic mass is 9.95. The van der Waals surface area contributed by atoms with E-state index in [1.165, 1.54) is 79.1 Å². The van der Waals surface area contributed by atoms with Crippen LogP contribution in [-0.4, -0.2) is 82.1 Å². The molecule has 0 aromatic heterocycles. The van der Waals surface area contributed by atoms with Gasteiger partial charge in [0.25, 0.3) is 5.79 Å². The third-order valence-electron chi connectivity index (χ3n) is 6.33. The van der Waals surface area contributed by atoms with Crippen molar-refractivity contribution in [3.8, 4) is 0 Å². The molecule has 0 spiro atoms. The molecule has 1 aliphatic rings. The van der Waals surface area contributed by atoms with Gasteiger partial charge in [0.15, 0.2) is 17.8 Å². The Labute approximate surface area is 301 Å². The van der Waals surface area contributed by atoms with Gasteiger partial charge in [0.05, 0.1) is 31.5 Å². The third kappa shape index (κ3) is 27.7. The second-order valence-electron chi connectivity index (χ2n) is 12.6. The zero-order valence-electron chi connectivity index (χ0n) is 33.3. The first-order chi connectivity index (χ1) is 23.2. The normalized spacial score (nSPS) is 19.2. The molecule has 296 valence electrons. The molecular weight excluding hydrogens is 652 g/mol. The molecule has 0 saturated carbocycles. The minimum absolute atomic E-state index is 0.191. The maximum atomic E-state index is 12.6. The van der Waals surface area contributed by atoms with Gasteiger partial charge in [-0.2, -0.15) is 0 Å². The average molecular weight is 723 g/mol. The summed E-state index contributed by atoms with van der Waals surface area (Å²) in [6.07, 6.45) is 5.75. The Morgan fingerprint density at radius 3 is 1.54 bits per heavy atom. The second-order valence-corrected chi connectivity index (χ2v) is 12.6. The molecule has 1 saturated heterocycles. The molecule has 1 aliphatic heterocycles. The number of aliphatic hydroxyl groups is 2. The Hall–Kier alpha value is -3.06. The standard InChI is InChI=1S/C21H30O13.4C4H10/c1-12(2)31-15(24)9-21(29,17(26)32-13(3)4)10-16(25)33-19(5)11-30-14(23)8-20(28,6-7-22)18(27)34-19;4*1-3-4-2/h7,12-13,28-29H,6,8-11H2,1-5H3;4*3-4H2,1-2H3. The van der Waals surface area contributed by atoms with E-state index in [9.17, 15) is 39.0 Å². The molecule has 0 radical (unpaired) electrons. The van der Waals surface area contributed by atoms with Crippen molar-refractivity contribution in [2.45, 2.75) is 196 Å². The molecule has 0 bridgehead atoms. The summed E-state index contributed by atoms with van der Waals surface area (Å²) >= 11 is 0. The molecule has 1 heterocycles. The predicted molar refractivity (Wildman–Crippen MR) is 191 cm³/mol. The summed E-state index contributed by atoms with van der Waals surface area (Å²) in [6, 6.07) is 0. The topological polar surface area (TPSA) is 189 Å². The zero-order chi connectivity index (χ0) is 40.0. The van der Waals surface area contributed by atoms with E-state index < -0.39 is 91.3 Å². The van der Waals surface area contributed by atoms with Gasteiger partial charge in [0.1, 0.15) is 6.29 Å². The van der Waals surface area contributed by atoms with Crippen molar-refractivity contribution in [3.05, 3.63) is 0 Å². The van der Waals surface area contributed by atoms with Crippen LogP contribution in [0.4, 0.5) is 0 Å². The minimum atomic E-state index is -2.69.